The minimum Gasteiger partial charge on any atom is -0.510 e. The van der Waals surface area contributed by atoms with E-state index in [9.17, 15) is 0 Å². The Bertz CT molecular complexity index is 4850. The van der Waals surface area contributed by atoms with Crippen LogP contribution in [0, 0.1) is 18.5 Å². The van der Waals surface area contributed by atoms with Crippen LogP contribution in [0.2, 0.25) is 0 Å². The molecule has 14 rings (SSSR count). The molecule has 0 atom stereocenters. The third-order valence-electron chi connectivity index (χ3n) is 14.9. The average Bonchev–Trinajstić information content (AvgIpc) is 1.68. The SMILES string of the molecule is [2H]c1c([2H])c([2H])c(-c2cccc(-c3c([2H])c([2H])c([2H])c([2H])c3[2H])c2-[n+]2[c-]n(-c3[c-]c(Oc4[c-]c5c(cc4)B(Cc4c(-c6ccccc6)cccc4-c4ccccc4)c4c(oc6ccccc46)N5c4cc(C(C)(C)C)ccn4)ccc3)c3ccccc32)c([2H])c1[2H].[Pt]. The van der Waals surface area contributed by atoms with Crippen molar-refractivity contribution in [2.45, 2.75) is 32.5 Å². The minimum atomic E-state index is -0.582. The van der Waals surface area contributed by atoms with Gasteiger partial charge in [-0.05, 0) is 90.4 Å². The number of anilines is 3. The quantitative estimate of drug-likeness (QED) is 0.0736. The Kier molecular flexibility index (Phi) is 10.8. The fourth-order valence-corrected chi connectivity index (χ4v) is 11.1. The summed E-state index contributed by atoms with van der Waals surface area (Å²) < 4.78 is 105. The van der Waals surface area contributed by atoms with E-state index in [1.807, 2.05) is 85.1 Å². The van der Waals surface area contributed by atoms with Gasteiger partial charge in [-0.3, -0.25) is 9.47 Å². The van der Waals surface area contributed by atoms with Gasteiger partial charge in [0.25, 0.3) is 6.33 Å². The Balaban J connectivity index is 0.00000758. The Morgan fingerprint density at radius 2 is 1.21 bits per heavy atom. The summed E-state index contributed by atoms with van der Waals surface area (Å²) in [6.45, 7) is 6.27. The van der Waals surface area contributed by atoms with E-state index < -0.39 is 60.4 Å². The van der Waals surface area contributed by atoms with Gasteiger partial charge in [-0.2, -0.15) is 18.2 Å². The maximum atomic E-state index is 9.14. The molecule has 0 N–H and O–H groups in total. The molecule has 3 aromatic heterocycles. The molecule has 0 aliphatic carbocycles. The number of fused-ring (bicyclic) bond motifs is 5. The van der Waals surface area contributed by atoms with Crippen molar-refractivity contribution in [1.82, 2.24) is 9.55 Å². The van der Waals surface area contributed by atoms with Gasteiger partial charge in [-0.15, -0.1) is 29.7 Å². The summed E-state index contributed by atoms with van der Waals surface area (Å²) in [7, 11) is 0. The van der Waals surface area contributed by atoms with Crippen molar-refractivity contribution < 1.29 is 48.5 Å². The van der Waals surface area contributed by atoms with Gasteiger partial charge in [0, 0.05) is 44.1 Å². The second-order valence-electron chi connectivity index (χ2n) is 20.7. The number of aromatic nitrogens is 3. The van der Waals surface area contributed by atoms with Crippen LogP contribution in [0.3, 0.4) is 0 Å². The van der Waals surface area contributed by atoms with Crippen molar-refractivity contribution in [3.05, 3.63) is 284 Å². The van der Waals surface area contributed by atoms with Crippen LogP contribution in [0.4, 0.5) is 17.4 Å². The third kappa shape index (κ3) is 9.48. The van der Waals surface area contributed by atoms with Crippen molar-refractivity contribution in [2.24, 2.45) is 0 Å². The second kappa shape index (κ2) is 21.4. The molecule has 0 fully saturated rings. The van der Waals surface area contributed by atoms with Gasteiger partial charge in [0.05, 0.1) is 30.4 Å². The summed E-state index contributed by atoms with van der Waals surface area (Å²) in [5.41, 5.74) is 11.6. The average molecular weight is 1230 g/mol. The van der Waals surface area contributed by atoms with Crippen LogP contribution in [0.5, 0.6) is 11.5 Å². The molecule has 13 aromatic rings. The molecule has 0 unspecified atom stereocenters. The molecule has 0 bridgehead atoms. The monoisotopic (exact) mass is 1230 g/mol. The smallest absolute Gasteiger partial charge is 0.268 e. The molecule has 1 aliphatic rings. The van der Waals surface area contributed by atoms with Crippen LogP contribution >= 0.6 is 0 Å². The topological polar surface area (TPSA) is 47.3 Å². The summed E-state index contributed by atoms with van der Waals surface area (Å²) in [5, 5.41) is 0.990. The first-order valence-electron chi connectivity index (χ1n) is 31.5. The van der Waals surface area contributed by atoms with Crippen LogP contribution in [0.25, 0.3) is 77.9 Å². The zero-order valence-corrected chi connectivity index (χ0v) is 46.5. The molecule has 81 heavy (non-hydrogen) atoms. The number of imidazole rings is 1. The van der Waals surface area contributed by atoms with E-state index in [4.69, 9.17) is 27.8 Å². The molecule has 6 nitrogen and oxygen atoms in total. The van der Waals surface area contributed by atoms with Crippen LogP contribution in [-0.2, 0) is 32.8 Å². The number of benzene rings is 10. The first kappa shape index (κ1) is 40.8. The summed E-state index contributed by atoms with van der Waals surface area (Å²) in [4.78, 5) is 7.12. The van der Waals surface area contributed by atoms with Gasteiger partial charge < -0.3 is 13.7 Å². The Morgan fingerprint density at radius 1 is 0.605 bits per heavy atom. The van der Waals surface area contributed by atoms with E-state index >= 15 is 0 Å². The number of rotatable bonds is 11. The Labute approximate surface area is 501 Å². The number of ether oxygens (including phenoxy) is 1. The van der Waals surface area contributed by atoms with Gasteiger partial charge in [0.1, 0.15) is 11.4 Å². The van der Waals surface area contributed by atoms with E-state index in [0.717, 1.165) is 49.7 Å². The van der Waals surface area contributed by atoms with Crippen molar-refractivity contribution in [3.8, 4) is 67.4 Å². The maximum Gasteiger partial charge on any atom is 0.268 e. The number of furan rings is 1. The van der Waals surface area contributed by atoms with Crippen molar-refractivity contribution in [2.75, 3.05) is 4.90 Å². The van der Waals surface area contributed by atoms with Gasteiger partial charge in [-0.1, -0.05) is 233 Å². The van der Waals surface area contributed by atoms with Crippen LogP contribution in [0.1, 0.15) is 45.6 Å². The van der Waals surface area contributed by atoms with Gasteiger partial charge >= 0.3 is 0 Å². The molecule has 0 saturated heterocycles. The molecule has 10 aromatic carbocycles. The van der Waals surface area contributed by atoms with Crippen molar-refractivity contribution in [1.29, 1.82) is 0 Å². The normalized spacial score (nSPS) is 13.8. The fraction of sp³-hybridized carbons (Fsp3) is 0.0685. The number of para-hydroxylation sites is 4. The van der Waals surface area contributed by atoms with Gasteiger partial charge in [0.15, 0.2) is 12.6 Å². The third-order valence-corrected chi connectivity index (χ3v) is 14.9. The first-order chi connectivity index (χ1) is 43.5. The molecular formula is C73H53BN4O2Pt-2. The Morgan fingerprint density at radius 3 is 1.89 bits per heavy atom. The van der Waals surface area contributed by atoms with E-state index in [2.05, 4.69) is 129 Å². The summed E-state index contributed by atoms with van der Waals surface area (Å²) in [6.07, 6.45) is 5.88. The van der Waals surface area contributed by atoms with Crippen LogP contribution < -0.4 is 25.1 Å². The Hall–Kier alpha value is -9.29. The van der Waals surface area contributed by atoms with E-state index in [1.165, 1.54) is 5.56 Å². The minimum absolute atomic E-state index is 0. The van der Waals surface area contributed by atoms with E-state index in [0.29, 0.717) is 51.9 Å². The number of hydrogen-bond acceptors (Lipinski definition) is 4. The van der Waals surface area contributed by atoms with Crippen LogP contribution in [0.15, 0.2) is 259 Å². The zero-order chi connectivity index (χ0) is 62.4. The summed E-state index contributed by atoms with van der Waals surface area (Å²) in [6, 6.07) is 63.3. The molecule has 0 spiro atoms. The van der Waals surface area contributed by atoms with E-state index in [1.54, 1.807) is 33.4 Å². The molecular weight excluding hydrogens is 1170 g/mol. The predicted molar refractivity (Wildman–Crippen MR) is 326 cm³/mol. The largest absolute Gasteiger partial charge is 0.510 e. The molecule has 392 valence electrons. The first-order valence-corrected chi connectivity index (χ1v) is 26.5. The van der Waals surface area contributed by atoms with Crippen molar-refractivity contribution in [3.63, 3.8) is 0 Å². The van der Waals surface area contributed by atoms with E-state index in [-0.39, 0.29) is 61.1 Å². The van der Waals surface area contributed by atoms with Crippen molar-refractivity contribution >= 4 is 57.0 Å². The summed E-state index contributed by atoms with van der Waals surface area (Å²) >= 11 is 0. The molecule has 0 saturated carbocycles. The molecule has 1 aliphatic heterocycles. The number of pyridine rings is 1. The molecule has 0 radical (unpaired) electrons. The molecule has 8 heteroatoms. The van der Waals surface area contributed by atoms with Gasteiger partial charge in [0.2, 0.25) is 0 Å². The standard InChI is InChI=1S/C73H53BN4O2.Pt/c1-73(2,3)54-43-44-75-69(45-54)78-67-47-57(41-42-64(67)74(70-62-33-16-19-40-68(62)80-72(70)78)48-63-58(50-23-8-4-9-24-50)34-21-35-59(63)51-25-10-5-11-26-51)79-56-32-20-31-55(46-56)76-49-77(66-39-18-17-38-65(66)76)71-60(52-27-12-6-13-28-52)36-22-37-61(71)53-29-14-7-15-30-53;/h4-45H,48H2,1-3H3;/q-2;/i6D,7D,12D,13D,14D,15D,27D,28D,29D,30D;. The molecule has 4 heterocycles. The fourth-order valence-electron chi connectivity index (χ4n) is 11.1. The zero-order valence-electron chi connectivity index (χ0n) is 54.2. The summed E-state index contributed by atoms with van der Waals surface area (Å²) in [5.74, 6) is 1.96. The molecule has 0 amide bonds. The second-order valence-corrected chi connectivity index (χ2v) is 20.7. The number of nitrogens with zero attached hydrogens (tertiary/aromatic N) is 4. The maximum absolute atomic E-state index is 9.14. The van der Waals surface area contributed by atoms with Crippen LogP contribution in [-0.4, -0.2) is 16.3 Å². The van der Waals surface area contributed by atoms with Gasteiger partial charge in [-0.25, -0.2) is 4.98 Å². The number of hydrogen-bond donors (Lipinski definition) is 0. The predicted octanol–water partition coefficient (Wildman–Crippen LogP) is 16.4.